The van der Waals surface area contributed by atoms with Gasteiger partial charge >= 0.3 is 0 Å². The van der Waals surface area contributed by atoms with Gasteiger partial charge in [0.1, 0.15) is 23.3 Å². The summed E-state index contributed by atoms with van der Waals surface area (Å²) in [4.78, 5) is 12.0. The molecule has 0 amide bonds. The molecule has 20 heavy (non-hydrogen) atoms. The summed E-state index contributed by atoms with van der Waals surface area (Å²) in [6.45, 7) is 1.31. The number of ketones is 1. The molecular formula is C14H7BrF4O. The zero-order valence-electron chi connectivity index (χ0n) is 10.1. The van der Waals surface area contributed by atoms with E-state index in [1.165, 1.54) is 6.92 Å². The van der Waals surface area contributed by atoms with E-state index in [-0.39, 0.29) is 10.0 Å². The lowest BCUT2D eigenvalue weighted by Crippen LogP contribution is -2.10. The third-order valence-corrected chi connectivity index (χ3v) is 3.18. The zero-order chi connectivity index (χ0) is 15.0. The van der Waals surface area contributed by atoms with Crippen molar-refractivity contribution in [3.05, 3.63) is 68.7 Å². The van der Waals surface area contributed by atoms with Crippen LogP contribution in [0, 0.1) is 30.2 Å². The molecule has 2 aromatic rings. The molecule has 0 saturated carbocycles. The van der Waals surface area contributed by atoms with Crippen LogP contribution >= 0.6 is 15.9 Å². The van der Waals surface area contributed by atoms with Gasteiger partial charge in [0.05, 0.1) is 11.1 Å². The Kier molecular flexibility index (Phi) is 3.94. The summed E-state index contributed by atoms with van der Waals surface area (Å²) in [6, 6.07) is 3.18. The molecule has 6 heteroatoms. The SMILES string of the molecule is Cc1cc(F)c(C(=O)c2c(F)cc(Br)cc2F)cc1F. The topological polar surface area (TPSA) is 17.1 Å². The number of benzene rings is 2. The van der Waals surface area contributed by atoms with Gasteiger partial charge < -0.3 is 0 Å². The van der Waals surface area contributed by atoms with Crippen molar-refractivity contribution in [3.63, 3.8) is 0 Å². The van der Waals surface area contributed by atoms with Crippen LogP contribution in [0.4, 0.5) is 17.6 Å². The summed E-state index contributed by atoms with van der Waals surface area (Å²) >= 11 is 2.86. The highest BCUT2D eigenvalue weighted by atomic mass is 79.9. The van der Waals surface area contributed by atoms with Crippen LogP contribution in [0.25, 0.3) is 0 Å². The van der Waals surface area contributed by atoms with E-state index in [2.05, 4.69) is 15.9 Å². The molecule has 0 heterocycles. The Morgan fingerprint density at radius 3 is 2.00 bits per heavy atom. The maximum Gasteiger partial charge on any atom is 0.201 e. The first-order valence-corrected chi connectivity index (χ1v) is 6.25. The number of rotatable bonds is 2. The molecule has 0 fully saturated rings. The fourth-order valence-corrected chi connectivity index (χ4v) is 2.12. The molecule has 0 unspecified atom stereocenters. The second kappa shape index (κ2) is 5.36. The summed E-state index contributed by atoms with van der Waals surface area (Å²) in [6.07, 6.45) is 0. The average molecular weight is 347 g/mol. The summed E-state index contributed by atoms with van der Waals surface area (Å²) in [5.41, 5.74) is -1.64. The molecule has 0 aromatic heterocycles. The smallest absolute Gasteiger partial charge is 0.201 e. The molecule has 0 bridgehead atoms. The van der Waals surface area contributed by atoms with Gasteiger partial charge in [-0.15, -0.1) is 0 Å². The minimum Gasteiger partial charge on any atom is -0.288 e. The lowest BCUT2D eigenvalue weighted by Gasteiger charge is -2.07. The van der Waals surface area contributed by atoms with E-state index in [4.69, 9.17) is 0 Å². The molecule has 0 N–H and O–H groups in total. The third kappa shape index (κ3) is 2.60. The molecule has 0 atom stereocenters. The van der Waals surface area contributed by atoms with Gasteiger partial charge in [-0.3, -0.25) is 4.79 Å². The van der Waals surface area contributed by atoms with Gasteiger partial charge in [-0.1, -0.05) is 15.9 Å². The second-order valence-electron chi connectivity index (χ2n) is 4.15. The number of aryl methyl sites for hydroxylation is 1. The lowest BCUT2D eigenvalue weighted by atomic mass is 10.0. The fourth-order valence-electron chi connectivity index (χ4n) is 1.71. The van der Waals surface area contributed by atoms with Crippen molar-refractivity contribution in [2.45, 2.75) is 6.92 Å². The predicted octanol–water partition coefficient (Wildman–Crippen LogP) is 4.54. The highest BCUT2D eigenvalue weighted by Gasteiger charge is 2.23. The standard InChI is InChI=1S/C14H7BrF4O/c1-6-2-10(17)8(5-9(6)16)14(20)13-11(18)3-7(15)4-12(13)19/h2-5H,1H3. The molecule has 0 aliphatic rings. The Morgan fingerprint density at radius 2 is 1.45 bits per heavy atom. The van der Waals surface area contributed by atoms with Gasteiger partial charge in [0.15, 0.2) is 0 Å². The van der Waals surface area contributed by atoms with Crippen LogP contribution in [-0.2, 0) is 0 Å². The Bertz CT molecular complexity index is 690. The van der Waals surface area contributed by atoms with Gasteiger partial charge in [0.25, 0.3) is 0 Å². The highest BCUT2D eigenvalue weighted by molar-refractivity contribution is 9.10. The first-order chi connectivity index (χ1) is 9.31. The number of carbonyl (C=O) groups is 1. The van der Waals surface area contributed by atoms with Crippen LogP contribution in [0.2, 0.25) is 0 Å². The largest absolute Gasteiger partial charge is 0.288 e. The zero-order valence-corrected chi connectivity index (χ0v) is 11.7. The number of hydrogen-bond donors (Lipinski definition) is 0. The molecular weight excluding hydrogens is 340 g/mol. The van der Waals surface area contributed by atoms with E-state index in [0.717, 1.165) is 18.2 Å². The first kappa shape index (κ1) is 14.7. The summed E-state index contributed by atoms with van der Waals surface area (Å²) in [7, 11) is 0. The Morgan fingerprint density at radius 1 is 0.900 bits per heavy atom. The molecule has 2 rings (SSSR count). The lowest BCUT2D eigenvalue weighted by molar-refractivity contribution is 0.102. The van der Waals surface area contributed by atoms with Gasteiger partial charge in [0, 0.05) is 4.47 Å². The van der Waals surface area contributed by atoms with Crippen molar-refractivity contribution < 1.29 is 22.4 Å². The monoisotopic (exact) mass is 346 g/mol. The number of carbonyl (C=O) groups excluding carboxylic acids is 1. The number of hydrogen-bond acceptors (Lipinski definition) is 1. The maximum atomic E-state index is 13.7. The number of halogens is 5. The molecule has 2 aromatic carbocycles. The van der Waals surface area contributed by atoms with Gasteiger partial charge in [-0.2, -0.15) is 0 Å². The van der Waals surface area contributed by atoms with Crippen LogP contribution in [0.15, 0.2) is 28.7 Å². The van der Waals surface area contributed by atoms with Crippen LogP contribution in [0.3, 0.4) is 0 Å². The quantitative estimate of drug-likeness (QED) is 0.576. The first-order valence-electron chi connectivity index (χ1n) is 5.46. The van der Waals surface area contributed by atoms with Crippen LogP contribution in [0.1, 0.15) is 21.5 Å². The molecule has 0 saturated heterocycles. The van der Waals surface area contributed by atoms with Crippen molar-refractivity contribution in [3.8, 4) is 0 Å². The minimum atomic E-state index is -1.25. The molecule has 104 valence electrons. The molecule has 0 aliphatic carbocycles. The Labute approximate surface area is 120 Å². The van der Waals surface area contributed by atoms with Crippen molar-refractivity contribution in [2.24, 2.45) is 0 Å². The average Bonchev–Trinajstić information content (AvgIpc) is 2.32. The van der Waals surface area contributed by atoms with Crippen LogP contribution in [0.5, 0.6) is 0 Å². The molecule has 0 aliphatic heterocycles. The van der Waals surface area contributed by atoms with E-state index < -0.39 is 40.2 Å². The summed E-state index contributed by atoms with van der Waals surface area (Å²) < 4.78 is 54.5. The Hall–Kier alpha value is -1.69. The van der Waals surface area contributed by atoms with Gasteiger partial charge in [-0.05, 0) is 36.8 Å². The summed E-state index contributed by atoms with van der Waals surface area (Å²) in [5.74, 6) is -5.41. The van der Waals surface area contributed by atoms with E-state index in [1.807, 2.05) is 0 Å². The summed E-state index contributed by atoms with van der Waals surface area (Å²) in [5, 5.41) is 0. The van der Waals surface area contributed by atoms with Crippen molar-refractivity contribution >= 4 is 21.7 Å². The van der Waals surface area contributed by atoms with Crippen molar-refractivity contribution in [1.29, 1.82) is 0 Å². The maximum absolute atomic E-state index is 13.7. The Balaban J connectivity index is 2.61. The highest BCUT2D eigenvalue weighted by Crippen LogP contribution is 2.24. The molecule has 0 spiro atoms. The van der Waals surface area contributed by atoms with E-state index >= 15 is 0 Å². The molecule has 1 nitrogen and oxygen atoms in total. The fraction of sp³-hybridized carbons (Fsp3) is 0.0714. The van der Waals surface area contributed by atoms with Gasteiger partial charge in [0.2, 0.25) is 5.78 Å². The molecule has 0 radical (unpaired) electrons. The normalized spacial score (nSPS) is 10.7. The van der Waals surface area contributed by atoms with Crippen LogP contribution in [-0.4, -0.2) is 5.78 Å². The predicted molar refractivity (Wildman–Crippen MR) is 68.6 cm³/mol. The second-order valence-corrected chi connectivity index (χ2v) is 5.07. The van der Waals surface area contributed by atoms with Gasteiger partial charge in [-0.25, -0.2) is 17.6 Å². The minimum absolute atomic E-state index is 0.00389. The van der Waals surface area contributed by atoms with Crippen molar-refractivity contribution in [2.75, 3.05) is 0 Å². The third-order valence-electron chi connectivity index (χ3n) is 2.73. The van der Waals surface area contributed by atoms with E-state index in [9.17, 15) is 22.4 Å². The van der Waals surface area contributed by atoms with Crippen LogP contribution < -0.4 is 0 Å². The van der Waals surface area contributed by atoms with Crippen molar-refractivity contribution in [1.82, 2.24) is 0 Å². The van der Waals surface area contributed by atoms with E-state index in [1.54, 1.807) is 0 Å². The van der Waals surface area contributed by atoms with E-state index in [0.29, 0.717) is 6.07 Å².